The fourth-order valence-corrected chi connectivity index (χ4v) is 4.98. The summed E-state index contributed by atoms with van der Waals surface area (Å²) < 4.78 is 1.24. The molecular formula is C19H26N4OS. The van der Waals surface area contributed by atoms with Crippen molar-refractivity contribution in [2.24, 2.45) is 0 Å². The lowest BCUT2D eigenvalue weighted by Crippen LogP contribution is -2.48. The molecule has 0 bridgehead atoms. The number of anilines is 1. The van der Waals surface area contributed by atoms with Crippen molar-refractivity contribution in [3.63, 3.8) is 0 Å². The Morgan fingerprint density at radius 1 is 1.20 bits per heavy atom. The highest BCUT2D eigenvalue weighted by Crippen LogP contribution is 2.35. The van der Waals surface area contributed by atoms with E-state index in [0.717, 1.165) is 62.6 Å². The number of aromatic nitrogens is 1. The Morgan fingerprint density at radius 3 is 2.72 bits per heavy atom. The fraction of sp³-hybridized carbons (Fsp3) is 0.579. The first-order valence-electron chi connectivity index (χ1n) is 9.26. The van der Waals surface area contributed by atoms with Crippen LogP contribution in [0.1, 0.15) is 38.3 Å². The topological polar surface area (TPSA) is 39.7 Å². The number of carbonyl (C=O) groups excluding carboxylic acids is 1. The number of carbonyl (C=O) groups is 1. The van der Waals surface area contributed by atoms with Crippen LogP contribution in [0.4, 0.5) is 5.13 Å². The van der Waals surface area contributed by atoms with Crippen LogP contribution in [-0.2, 0) is 4.79 Å². The van der Waals surface area contributed by atoms with Gasteiger partial charge in [-0.15, -0.1) is 0 Å². The molecule has 2 fully saturated rings. The number of rotatable bonds is 4. The minimum Gasteiger partial charge on any atom is -0.345 e. The van der Waals surface area contributed by atoms with Gasteiger partial charge in [0.05, 0.1) is 16.3 Å². The van der Waals surface area contributed by atoms with Crippen LogP contribution in [0, 0.1) is 0 Å². The second kappa shape index (κ2) is 6.92. The van der Waals surface area contributed by atoms with Gasteiger partial charge in [-0.1, -0.05) is 17.4 Å². The fourth-order valence-electron chi connectivity index (χ4n) is 3.98. The molecule has 134 valence electrons. The van der Waals surface area contributed by atoms with Gasteiger partial charge < -0.3 is 9.80 Å². The molecule has 0 N–H and O–H groups in total. The molecule has 0 spiro atoms. The van der Waals surface area contributed by atoms with Gasteiger partial charge in [-0.2, -0.15) is 0 Å². The van der Waals surface area contributed by atoms with E-state index in [2.05, 4.69) is 41.8 Å². The van der Waals surface area contributed by atoms with Gasteiger partial charge in [-0.3, -0.25) is 9.69 Å². The van der Waals surface area contributed by atoms with E-state index < -0.39 is 0 Å². The lowest BCUT2D eigenvalue weighted by Gasteiger charge is -2.36. The largest absolute Gasteiger partial charge is 0.345 e. The Hall–Kier alpha value is -1.66. The van der Waals surface area contributed by atoms with Crippen LogP contribution >= 0.6 is 11.3 Å². The normalized spacial score (nSPS) is 22.3. The highest BCUT2D eigenvalue weighted by molar-refractivity contribution is 7.22. The predicted octanol–water partition coefficient (Wildman–Crippen LogP) is 3.12. The van der Waals surface area contributed by atoms with Crippen LogP contribution in [0.25, 0.3) is 10.2 Å². The highest BCUT2D eigenvalue weighted by atomic mass is 32.1. The second-order valence-electron chi connectivity index (χ2n) is 7.34. The van der Waals surface area contributed by atoms with Gasteiger partial charge in [0, 0.05) is 38.8 Å². The molecular weight excluding hydrogens is 332 g/mol. The first kappa shape index (κ1) is 16.8. The number of piperazine rings is 1. The molecule has 0 saturated carbocycles. The number of fused-ring (bicyclic) bond motifs is 1. The summed E-state index contributed by atoms with van der Waals surface area (Å²) in [5, 5.41) is 1.13. The molecule has 1 atom stereocenters. The summed E-state index contributed by atoms with van der Waals surface area (Å²) in [4.78, 5) is 23.0. The molecule has 25 heavy (non-hydrogen) atoms. The molecule has 1 unspecified atom stereocenters. The Bertz CT molecular complexity index is 751. The summed E-state index contributed by atoms with van der Waals surface area (Å²) in [6.07, 6.45) is 3.13. The van der Waals surface area contributed by atoms with Crippen LogP contribution in [0.15, 0.2) is 18.2 Å². The molecule has 2 aliphatic heterocycles. The maximum atomic E-state index is 11.2. The molecule has 0 aliphatic carbocycles. The van der Waals surface area contributed by atoms with Crippen molar-refractivity contribution < 1.29 is 4.79 Å². The van der Waals surface area contributed by atoms with Crippen LogP contribution < -0.4 is 4.90 Å². The summed E-state index contributed by atoms with van der Waals surface area (Å²) >= 11 is 1.78. The van der Waals surface area contributed by atoms with E-state index in [1.165, 1.54) is 10.3 Å². The molecule has 2 saturated heterocycles. The number of hydrogen-bond donors (Lipinski definition) is 0. The van der Waals surface area contributed by atoms with Gasteiger partial charge in [-0.25, -0.2) is 4.98 Å². The van der Waals surface area contributed by atoms with Crippen molar-refractivity contribution in [1.29, 1.82) is 0 Å². The second-order valence-corrected chi connectivity index (χ2v) is 8.35. The molecule has 4 rings (SSSR count). The lowest BCUT2D eigenvalue weighted by atomic mass is 10.0. The molecule has 6 heteroatoms. The molecule has 3 heterocycles. The Kier molecular flexibility index (Phi) is 4.65. The number of benzene rings is 1. The maximum Gasteiger partial charge on any atom is 0.210 e. The van der Waals surface area contributed by atoms with Crippen molar-refractivity contribution in [2.45, 2.75) is 38.8 Å². The monoisotopic (exact) mass is 358 g/mol. The summed E-state index contributed by atoms with van der Waals surface area (Å²) in [5.41, 5.74) is 2.29. The minimum absolute atomic E-state index is 0.224. The predicted molar refractivity (Wildman–Crippen MR) is 103 cm³/mol. The minimum atomic E-state index is 0.224. The molecule has 0 radical (unpaired) electrons. The average molecular weight is 359 g/mol. The summed E-state index contributed by atoms with van der Waals surface area (Å²) in [5.74, 6) is 0. The molecule has 2 aliphatic rings. The van der Waals surface area contributed by atoms with Crippen molar-refractivity contribution in [3.05, 3.63) is 23.8 Å². The van der Waals surface area contributed by atoms with E-state index in [-0.39, 0.29) is 6.04 Å². The summed E-state index contributed by atoms with van der Waals surface area (Å²) in [6, 6.07) is 7.38. The zero-order chi connectivity index (χ0) is 17.4. The number of nitrogens with zero attached hydrogens (tertiary/aromatic N) is 4. The number of hydrogen-bond acceptors (Lipinski definition) is 5. The van der Waals surface area contributed by atoms with E-state index in [9.17, 15) is 4.79 Å². The van der Waals surface area contributed by atoms with Gasteiger partial charge in [0.25, 0.3) is 0 Å². The van der Waals surface area contributed by atoms with Gasteiger partial charge in [0.2, 0.25) is 6.41 Å². The highest BCUT2D eigenvalue weighted by Gasteiger charge is 2.25. The molecule has 5 nitrogen and oxygen atoms in total. The smallest absolute Gasteiger partial charge is 0.210 e. The van der Waals surface area contributed by atoms with Crippen LogP contribution in [0.3, 0.4) is 0 Å². The third-order valence-electron chi connectivity index (χ3n) is 5.53. The zero-order valence-electron chi connectivity index (χ0n) is 15.0. The van der Waals surface area contributed by atoms with Crippen molar-refractivity contribution in [1.82, 2.24) is 14.8 Å². The first-order valence-corrected chi connectivity index (χ1v) is 10.1. The van der Waals surface area contributed by atoms with Gasteiger partial charge in [-0.05, 0) is 44.4 Å². The van der Waals surface area contributed by atoms with Crippen molar-refractivity contribution in [3.8, 4) is 0 Å². The van der Waals surface area contributed by atoms with E-state index in [1.807, 2.05) is 4.90 Å². The maximum absolute atomic E-state index is 11.2. The Balaban J connectivity index is 1.54. The molecule has 1 amide bonds. The summed E-state index contributed by atoms with van der Waals surface area (Å²) in [7, 11) is 0. The molecule has 2 aromatic rings. The van der Waals surface area contributed by atoms with Crippen LogP contribution in [0.2, 0.25) is 0 Å². The third kappa shape index (κ3) is 3.25. The Labute approximate surface area is 153 Å². The van der Waals surface area contributed by atoms with E-state index in [4.69, 9.17) is 4.98 Å². The quantitative estimate of drug-likeness (QED) is 0.788. The number of thiazole rings is 1. The number of likely N-dealkylation sites (tertiary alicyclic amines) is 1. The van der Waals surface area contributed by atoms with Crippen LogP contribution in [-0.4, -0.2) is 60.0 Å². The van der Waals surface area contributed by atoms with E-state index in [1.54, 1.807) is 11.3 Å². The van der Waals surface area contributed by atoms with Crippen molar-refractivity contribution >= 4 is 33.1 Å². The van der Waals surface area contributed by atoms with Gasteiger partial charge >= 0.3 is 0 Å². The lowest BCUT2D eigenvalue weighted by molar-refractivity contribution is -0.118. The average Bonchev–Trinajstić information content (AvgIpc) is 3.27. The standard InChI is InChI=1S/C19H26N4OS/c1-14(2)21-8-10-22(11-9-21)19-20-16-12-15(5-6-18(16)25-19)17-4-3-7-23(17)13-24/h5-6,12-14,17H,3-4,7-11H2,1-2H3. The number of amides is 1. The SMILES string of the molecule is CC(C)N1CCN(c2nc3cc(C4CCCN4C=O)ccc3s2)CC1. The Morgan fingerprint density at radius 2 is 2.00 bits per heavy atom. The van der Waals surface area contributed by atoms with Crippen molar-refractivity contribution in [2.75, 3.05) is 37.6 Å². The van der Waals surface area contributed by atoms with E-state index >= 15 is 0 Å². The van der Waals surface area contributed by atoms with Gasteiger partial charge in [0.15, 0.2) is 5.13 Å². The molecule has 1 aromatic heterocycles. The summed E-state index contributed by atoms with van der Waals surface area (Å²) in [6.45, 7) is 9.71. The van der Waals surface area contributed by atoms with E-state index in [0.29, 0.717) is 6.04 Å². The zero-order valence-corrected chi connectivity index (χ0v) is 15.8. The third-order valence-corrected chi connectivity index (χ3v) is 6.63. The van der Waals surface area contributed by atoms with Crippen LogP contribution in [0.5, 0.6) is 0 Å². The van der Waals surface area contributed by atoms with Gasteiger partial charge in [0.1, 0.15) is 0 Å². The first-order chi connectivity index (χ1) is 12.2. The molecule has 1 aromatic carbocycles.